The number of nitrogens with zero attached hydrogens (tertiary/aromatic N) is 1. The molecular formula is C5H9NO3. The van der Waals surface area contributed by atoms with Crippen LogP contribution in [0.5, 0.6) is 0 Å². The molecule has 3 unspecified atom stereocenters. The van der Waals surface area contributed by atoms with Crippen molar-refractivity contribution in [2.24, 2.45) is 5.16 Å². The highest BCUT2D eigenvalue weighted by atomic mass is 16.6. The average Bonchev–Trinajstić information content (AvgIpc) is 1.83. The van der Waals surface area contributed by atoms with Gasteiger partial charge in [0.2, 0.25) is 0 Å². The zero-order valence-corrected chi connectivity index (χ0v) is 5.06. The molecule has 0 spiro atoms. The lowest BCUT2D eigenvalue weighted by Crippen LogP contribution is -2.40. The number of rotatable bonds is 0. The Labute approximate surface area is 52.7 Å². The van der Waals surface area contributed by atoms with Gasteiger partial charge in [-0.15, -0.1) is 0 Å². The molecule has 0 aromatic rings. The summed E-state index contributed by atoms with van der Waals surface area (Å²) < 4.78 is 0. The Bertz CT molecular complexity index is 125. The number of oxime groups is 1. The first kappa shape index (κ1) is 6.51. The van der Waals surface area contributed by atoms with Crippen molar-refractivity contribution in [1.29, 1.82) is 0 Å². The van der Waals surface area contributed by atoms with Crippen molar-refractivity contribution in [3.63, 3.8) is 0 Å². The maximum Gasteiger partial charge on any atom is 0.153 e. The van der Waals surface area contributed by atoms with E-state index in [-0.39, 0.29) is 0 Å². The SMILES string of the molecule is CC1ON=CC(O)C1O. The van der Waals surface area contributed by atoms with E-state index in [0.717, 1.165) is 0 Å². The highest BCUT2D eigenvalue weighted by Gasteiger charge is 2.26. The van der Waals surface area contributed by atoms with Gasteiger partial charge >= 0.3 is 0 Å². The van der Waals surface area contributed by atoms with E-state index in [2.05, 4.69) is 9.99 Å². The van der Waals surface area contributed by atoms with Gasteiger partial charge in [0.1, 0.15) is 12.2 Å². The summed E-state index contributed by atoms with van der Waals surface area (Å²) in [6, 6.07) is 0. The lowest BCUT2D eigenvalue weighted by molar-refractivity contribution is -0.0764. The Kier molecular flexibility index (Phi) is 1.68. The molecule has 9 heavy (non-hydrogen) atoms. The van der Waals surface area contributed by atoms with Crippen molar-refractivity contribution in [3.05, 3.63) is 0 Å². The summed E-state index contributed by atoms with van der Waals surface area (Å²) in [7, 11) is 0. The van der Waals surface area contributed by atoms with E-state index in [1.807, 2.05) is 0 Å². The molecule has 0 fully saturated rings. The summed E-state index contributed by atoms with van der Waals surface area (Å²) >= 11 is 0. The number of aliphatic hydroxyl groups excluding tert-OH is 2. The van der Waals surface area contributed by atoms with Gasteiger partial charge in [0, 0.05) is 0 Å². The van der Waals surface area contributed by atoms with E-state index in [0.29, 0.717) is 0 Å². The van der Waals surface area contributed by atoms with Crippen molar-refractivity contribution in [3.8, 4) is 0 Å². The molecule has 1 aliphatic heterocycles. The van der Waals surface area contributed by atoms with Crippen LogP contribution in [-0.2, 0) is 4.84 Å². The first-order valence-electron chi connectivity index (χ1n) is 2.77. The summed E-state index contributed by atoms with van der Waals surface area (Å²) in [4.78, 5) is 4.62. The fourth-order valence-electron chi connectivity index (χ4n) is 0.622. The fraction of sp³-hybridized carbons (Fsp3) is 0.800. The van der Waals surface area contributed by atoms with Crippen molar-refractivity contribution in [2.45, 2.75) is 25.2 Å². The summed E-state index contributed by atoms with van der Waals surface area (Å²) in [5.74, 6) is 0. The molecule has 0 amide bonds. The van der Waals surface area contributed by atoms with Gasteiger partial charge in [-0.25, -0.2) is 0 Å². The third kappa shape index (κ3) is 1.20. The molecule has 1 aliphatic rings. The van der Waals surface area contributed by atoms with E-state index >= 15 is 0 Å². The number of aliphatic hydroxyl groups is 2. The number of hydrogen-bond donors (Lipinski definition) is 2. The Morgan fingerprint density at radius 2 is 2.22 bits per heavy atom. The van der Waals surface area contributed by atoms with Crippen LogP contribution in [0.1, 0.15) is 6.92 Å². The minimum atomic E-state index is -0.881. The molecule has 0 aliphatic carbocycles. The third-order valence-electron chi connectivity index (χ3n) is 1.27. The molecule has 0 bridgehead atoms. The monoisotopic (exact) mass is 131 g/mol. The fourth-order valence-corrected chi connectivity index (χ4v) is 0.622. The van der Waals surface area contributed by atoms with E-state index < -0.39 is 18.3 Å². The first-order chi connectivity index (χ1) is 4.22. The smallest absolute Gasteiger partial charge is 0.153 e. The van der Waals surface area contributed by atoms with Gasteiger partial charge in [0.25, 0.3) is 0 Å². The Morgan fingerprint density at radius 3 is 2.67 bits per heavy atom. The molecule has 52 valence electrons. The third-order valence-corrected chi connectivity index (χ3v) is 1.27. The van der Waals surface area contributed by atoms with Gasteiger partial charge in [0.15, 0.2) is 6.10 Å². The minimum Gasteiger partial charge on any atom is -0.390 e. The second kappa shape index (κ2) is 2.33. The van der Waals surface area contributed by atoms with E-state index in [4.69, 9.17) is 10.2 Å². The molecule has 0 saturated carbocycles. The molecule has 1 heterocycles. The zero-order chi connectivity index (χ0) is 6.85. The van der Waals surface area contributed by atoms with Crippen molar-refractivity contribution >= 4 is 6.21 Å². The van der Waals surface area contributed by atoms with Crippen LogP contribution in [0.4, 0.5) is 0 Å². The second-order valence-corrected chi connectivity index (χ2v) is 2.05. The highest BCUT2D eigenvalue weighted by molar-refractivity contribution is 5.63. The summed E-state index contributed by atoms with van der Waals surface area (Å²) in [6.07, 6.45) is -0.966. The molecule has 0 saturated heterocycles. The van der Waals surface area contributed by atoms with Crippen LogP contribution >= 0.6 is 0 Å². The van der Waals surface area contributed by atoms with Crippen LogP contribution in [-0.4, -0.2) is 34.7 Å². The van der Waals surface area contributed by atoms with Crippen LogP contribution in [0, 0.1) is 0 Å². The van der Waals surface area contributed by atoms with Crippen LogP contribution in [0.15, 0.2) is 5.16 Å². The first-order valence-corrected chi connectivity index (χ1v) is 2.77. The quantitative estimate of drug-likeness (QED) is 0.448. The van der Waals surface area contributed by atoms with Crippen LogP contribution < -0.4 is 0 Å². The van der Waals surface area contributed by atoms with Crippen LogP contribution in [0.2, 0.25) is 0 Å². The Balaban J connectivity index is 2.58. The lowest BCUT2D eigenvalue weighted by Gasteiger charge is -2.22. The van der Waals surface area contributed by atoms with Gasteiger partial charge in [-0.1, -0.05) is 5.16 Å². The molecule has 2 N–H and O–H groups in total. The van der Waals surface area contributed by atoms with Crippen molar-refractivity contribution in [2.75, 3.05) is 0 Å². The highest BCUT2D eigenvalue weighted by Crippen LogP contribution is 2.07. The second-order valence-electron chi connectivity index (χ2n) is 2.05. The largest absolute Gasteiger partial charge is 0.390 e. The normalized spacial score (nSPS) is 42.3. The van der Waals surface area contributed by atoms with Gasteiger partial charge < -0.3 is 15.1 Å². The lowest BCUT2D eigenvalue weighted by atomic mass is 10.1. The maximum absolute atomic E-state index is 8.98. The average molecular weight is 131 g/mol. The Morgan fingerprint density at radius 1 is 1.56 bits per heavy atom. The van der Waals surface area contributed by atoms with Crippen LogP contribution in [0.3, 0.4) is 0 Å². The molecule has 0 aromatic carbocycles. The summed E-state index contributed by atoms with van der Waals surface area (Å²) in [5.41, 5.74) is 0. The zero-order valence-electron chi connectivity index (χ0n) is 5.06. The molecule has 1 rings (SSSR count). The van der Waals surface area contributed by atoms with Gasteiger partial charge in [-0.05, 0) is 6.92 Å². The van der Waals surface area contributed by atoms with E-state index in [1.165, 1.54) is 6.21 Å². The van der Waals surface area contributed by atoms with Gasteiger partial charge in [0.05, 0.1) is 6.21 Å². The molecule has 4 nitrogen and oxygen atoms in total. The predicted molar refractivity (Wildman–Crippen MR) is 31.1 cm³/mol. The van der Waals surface area contributed by atoms with Gasteiger partial charge in [-0.2, -0.15) is 0 Å². The van der Waals surface area contributed by atoms with Crippen molar-refractivity contribution in [1.82, 2.24) is 0 Å². The molecule has 3 atom stereocenters. The summed E-state index contributed by atoms with van der Waals surface area (Å²) in [5, 5.41) is 21.2. The van der Waals surface area contributed by atoms with Crippen LogP contribution in [0.25, 0.3) is 0 Å². The maximum atomic E-state index is 8.98. The van der Waals surface area contributed by atoms with Gasteiger partial charge in [-0.3, -0.25) is 0 Å². The van der Waals surface area contributed by atoms with E-state index in [1.54, 1.807) is 6.92 Å². The van der Waals surface area contributed by atoms with E-state index in [9.17, 15) is 0 Å². The Hall–Kier alpha value is -0.610. The topological polar surface area (TPSA) is 62.0 Å². The minimum absolute atomic E-state index is 0.412. The predicted octanol–water partition coefficient (Wildman–Crippen LogP) is -0.887. The molecule has 4 heteroatoms. The molecular weight excluding hydrogens is 122 g/mol. The summed E-state index contributed by atoms with van der Waals surface area (Å²) in [6.45, 7) is 1.64. The molecule has 0 aromatic heterocycles. The van der Waals surface area contributed by atoms with Crippen molar-refractivity contribution < 1.29 is 15.1 Å². The standard InChI is InChI=1S/C5H9NO3/c1-3-5(8)4(7)2-6-9-3/h2-5,7-8H,1H3. The number of hydrogen-bond acceptors (Lipinski definition) is 4. The molecule has 0 radical (unpaired) electrons.